The number of pyridine rings is 1. The third-order valence-corrected chi connectivity index (χ3v) is 12.8. The number of hydrogen-bond acceptors (Lipinski definition) is 9. The van der Waals surface area contributed by atoms with Gasteiger partial charge in [-0.05, 0) is 116 Å². The summed E-state index contributed by atoms with van der Waals surface area (Å²) in [5, 5.41) is 16.4. The molecule has 3 amide bonds. The van der Waals surface area contributed by atoms with Gasteiger partial charge in [-0.3, -0.25) is 19.0 Å². The summed E-state index contributed by atoms with van der Waals surface area (Å²) in [5.41, 5.74) is 1.41. The molecule has 6 aromatic rings. The smallest absolute Gasteiger partial charge is 0.270 e. The molecule has 1 atom stereocenters. The third-order valence-electron chi connectivity index (χ3n) is 12.3. The van der Waals surface area contributed by atoms with Gasteiger partial charge in [0.2, 0.25) is 11.9 Å². The van der Waals surface area contributed by atoms with Gasteiger partial charge < -0.3 is 25.0 Å². The molecule has 9 rings (SSSR count). The number of aromatic nitrogens is 3. The number of nitriles is 1. The van der Waals surface area contributed by atoms with Crippen molar-refractivity contribution in [3.63, 3.8) is 0 Å². The minimum atomic E-state index is -1.34. The first-order valence-electron chi connectivity index (χ1n) is 20.9. The number of anilines is 3. The van der Waals surface area contributed by atoms with Gasteiger partial charge in [0.1, 0.15) is 34.1 Å². The van der Waals surface area contributed by atoms with Gasteiger partial charge in [0.15, 0.2) is 0 Å². The van der Waals surface area contributed by atoms with Crippen LogP contribution in [0.5, 0.6) is 11.5 Å². The van der Waals surface area contributed by atoms with Gasteiger partial charge in [-0.25, -0.2) is 14.9 Å². The molecule has 1 aliphatic heterocycles. The molecular weight excluding hydrogens is 851 g/mol. The number of carbonyl (C=O) groups excluding carboxylic acids is 3. The monoisotopic (exact) mass is 894 g/mol. The topological polar surface area (TPSA) is 155 Å². The van der Waals surface area contributed by atoms with Gasteiger partial charge in [-0.15, -0.1) is 0 Å². The summed E-state index contributed by atoms with van der Waals surface area (Å²) in [6.07, 6.45) is 3.83. The molecule has 3 heterocycles. The number of amides is 3. The fourth-order valence-electron chi connectivity index (χ4n) is 8.43. The first kappa shape index (κ1) is 42.4. The Kier molecular flexibility index (Phi) is 11.1. The number of hydrogen-bond donors (Lipinski definition) is 2. The van der Waals surface area contributed by atoms with Crippen LogP contribution in [0.25, 0.3) is 0 Å². The molecule has 0 bridgehead atoms. The van der Waals surface area contributed by atoms with Crippen molar-refractivity contribution in [2.24, 2.45) is 0 Å². The predicted octanol–water partition coefficient (Wildman–Crippen LogP) is 8.38. The highest BCUT2D eigenvalue weighted by atomic mass is 35.5. The maximum Gasteiger partial charge on any atom is 0.270 e. The average Bonchev–Trinajstić information content (AvgIpc) is 4.21. The second-order valence-corrected chi connectivity index (χ2v) is 17.7. The predicted molar refractivity (Wildman–Crippen MR) is 243 cm³/mol. The highest BCUT2D eigenvalue weighted by Crippen LogP contribution is 2.48. The summed E-state index contributed by atoms with van der Waals surface area (Å²) in [6.45, 7) is 2.89. The Bertz CT molecular complexity index is 2750. The Morgan fingerprint density at radius 1 is 0.812 bits per heavy atom. The number of ether oxygens (including phenoxy) is 2. The lowest BCUT2D eigenvalue weighted by Gasteiger charge is -2.28. The van der Waals surface area contributed by atoms with Crippen molar-refractivity contribution in [1.82, 2.24) is 25.2 Å². The molecule has 2 saturated carbocycles. The zero-order valence-corrected chi connectivity index (χ0v) is 36.9. The SMILES string of the molecule is COc1ccc(CN(Cc2ccc(OC)cc2)c2cccc(C3(NC(=O)C4(NC(=O)c5cnc6n5[C@](C)(Cc5ccc(C#N)cc5)C(=O)N6c5cc(Cl)cc(Cl)c5)CC4)CC3)n2)cc1. The maximum absolute atomic E-state index is 14.6. The molecule has 0 unspecified atom stereocenters. The Morgan fingerprint density at radius 3 is 1.95 bits per heavy atom. The number of carbonyl (C=O) groups is 3. The number of fused-ring (bicyclic) bond motifs is 1. The number of nitrogens with one attached hydrogen (secondary N) is 2. The molecule has 15 heteroatoms. The first-order valence-corrected chi connectivity index (χ1v) is 21.6. The van der Waals surface area contributed by atoms with Crippen LogP contribution in [-0.2, 0) is 40.2 Å². The van der Waals surface area contributed by atoms with E-state index in [2.05, 4.69) is 26.6 Å². The lowest BCUT2D eigenvalue weighted by atomic mass is 9.91. The molecule has 0 saturated heterocycles. The fraction of sp³-hybridized carbons (Fsp3) is 0.265. The molecule has 2 aromatic heterocycles. The molecule has 2 N–H and O–H groups in total. The van der Waals surface area contributed by atoms with Crippen molar-refractivity contribution in [3.05, 3.63) is 159 Å². The third kappa shape index (κ3) is 8.11. The number of methoxy groups -OCH3 is 2. The maximum atomic E-state index is 14.6. The van der Waals surface area contributed by atoms with Gasteiger partial charge in [0.05, 0.1) is 49.0 Å². The van der Waals surface area contributed by atoms with Crippen molar-refractivity contribution in [3.8, 4) is 17.6 Å². The molecule has 324 valence electrons. The van der Waals surface area contributed by atoms with Crippen molar-refractivity contribution in [2.45, 2.75) is 68.7 Å². The Morgan fingerprint density at radius 2 is 1.41 bits per heavy atom. The standard InChI is InChI=1S/C49H44Cl2N8O5/c1-47(26-31-7-9-32(27-52)10-8-31)45(62)58(37-24-35(50)23-36(51)25-37)46-53-28-40(59(46)47)43(60)55-49(21-22-49)44(61)56-48(19-20-48)41-5-4-6-42(54-41)57(29-33-11-15-38(63-2)16-12-33)30-34-13-17-39(64-3)18-14-34/h4-18,23-25,28H,19-22,26,29-30H2,1-3H3,(H,55,60)(H,56,61)/t47-/m1/s1. The molecule has 4 aromatic carbocycles. The molecule has 2 fully saturated rings. The average molecular weight is 896 g/mol. The van der Waals surface area contributed by atoms with Crippen molar-refractivity contribution in [1.29, 1.82) is 5.26 Å². The Balaban J connectivity index is 0.969. The van der Waals surface area contributed by atoms with E-state index in [4.69, 9.17) is 37.7 Å². The Hall–Kier alpha value is -6.88. The van der Waals surface area contributed by atoms with E-state index in [1.807, 2.05) is 66.7 Å². The van der Waals surface area contributed by atoms with Crippen LogP contribution in [0.2, 0.25) is 10.0 Å². The number of halogens is 2. The number of nitrogens with zero attached hydrogens (tertiary/aromatic N) is 6. The number of imidazole rings is 1. The van der Waals surface area contributed by atoms with Crippen molar-refractivity contribution >= 4 is 58.4 Å². The number of benzene rings is 4. The molecule has 13 nitrogen and oxygen atoms in total. The quantitative estimate of drug-likeness (QED) is 0.103. The van der Waals surface area contributed by atoms with Gasteiger partial charge in [-0.2, -0.15) is 5.26 Å². The largest absolute Gasteiger partial charge is 0.497 e. The summed E-state index contributed by atoms with van der Waals surface area (Å²) in [6, 6.07) is 35.6. The number of rotatable bonds is 15. The minimum absolute atomic E-state index is 0.110. The highest BCUT2D eigenvalue weighted by Gasteiger charge is 2.57. The van der Waals surface area contributed by atoms with Crippen LogP contribution in [0, 0.1) is 11.3 Å². The Labute approximate surface area is 380 Å². The summed E-state index contributed by atoms with van der Waals surface area (Å²) >= 11 is 12.8. The second-order valence-electron chi connectivity index (χ2n) is 16.8. The zero-order valence-electron chi connectivity index (χ0n) is 35.4. The van der Waals surface area contributed by atoms with Crippen molar-refractivity contribution in [2.75, 3.05) is 24.0 Å². The van der Waals surface area contributed by atoms with Crippen LogP contribution in [0.1, 0.15) is 71.0 Å². The molecule has 2 aliphatic carbocycles. The molecule has 0 radical (unpaired) electrons. The summed E-state index contributed by atoms with van der Waals surface area (Å²) < 4.78 is 12.4. The van der Waals surface area contributed by atoms with Gasteiger partial charge in [-0.1, -0.05) is 65.7 Å². The summed E-state index contributed by atoms with van der Waals surface area (Å²) in [4.78, 5) is 56.8. The van der Waals surface area contributed by atoms with Gasteiger partial charge in [0, 0.05) is 29.6 Å². The van der Waals surface area contributed by atoms with Crippen molar-refractivity contribution < 1.29 is 23.9 Å². The lowest BCUT2D eigenvalue weighted by molar-refractivity contribution is -0.125. The molecule has 0 spiro atoms. The van der Waals surface area contributed by atoms with E-state index in [9.17, 15) is 19.6 Å². The molecular formula is C49H44Cl2N8O5. The van der Waals surface area contributed by atoms with E-state index in [-0.39, 0.29) is 29.9 Å². The van der Waals surface area contributed by atoms with Crippen LogP contribution in [-0.4, -0.2) is 52.0 Å². The lowest BCUT2D eigenvalue weighted by Crippen LogP contribution is -2.52. The van der Waals surface area contributed by atoms with E-state index < -0.39 is 22.5 Å². The van der Waals surface area contributed by atoms with E-state index in [0.717, 1.165) is 39.7 Å². The highest BCUT2D eigenvalue weighted by molar-refractivity contribution is 6.35. The summed E-state index contributed by atoms with van der Waals surface area (Å²) in [7, 11) is 3.29. The molecule has 3 aliphatic rings. The van der Waals surface area contributed by atoms with Crippen LogP contribution in [0.3, 0.4) is 0 Å². The first-order chi connectivity index (χ1) is 30.9. The van der Waals surface area contributed by atoms with Gasteiger partial charge in [0.25, 0.3) is 11.8 Å². The van der Waals surface area contributed by atoms with Crippen LogP contribution >= 0.6 is 23.2 Å². The van der Waals surface area contributed by atoms with E-state index in [0.29, 0.717) is 60.1 Å². The van der Waals surface area contributed by atoms with E-state index >= 15 is 0 Å². The second kappa shape index (κ2) is 16.7. The fourth-order valence-corrected chi connectivity index (χ4v) is 8.95. The molecule has 64 heavy (non-hydrogen) atoms. The van der Waals surface area contributed by atoms with Crippen LogP contribution in [0.15, 0.2) is 115 Å². The normalized spacial score (nSPS) is 17.5. The van der Waals surface area contributed by atoms with E-state index in [1.165, 1.54) is 11.1 Å². The summed E-state index contributed by atoms with van der Waals surface area (Å²) in [5.74, 6) is 1.30. The minimum Gasteiger partial charge on any atom is -0.497 e. The van der Waals surface area contributed by atoms with E-state index in [1.54, 1.807) is 68.2 Å². The van der Waals surface area contributed by atoms with Crippen LogP contribution < -0.4 is 29.9 Å². The van der Waals surface area contributed by atoms with Gasteiger partial charge >= 0.3 is 0 Å². The zero-order chi connectivity index (χ0) is 44.8. The van der Waals surface area contributed by atoms with Crippen LogP contribution in [0.4, 0.5) is 17.5 Å².